The van der Waals surface area contributed by atoms with Gasteiger partial charge in [-0.1, -0.05) is 42.1 Å². The number of hydrogen-bond acceptors (Lipinski definition) is 4. The Morgan fingerprint density at radius 1 is 1.22 bits per heavy atom. The average molecular weight is 374 g/mol. The van der Waals surface area contributed by atoms with E-state index in [2.05, 4.69) is 28.1 Å². The summed E-state index contributed by atoms with van der Waals surface area (Å²) in [5.41, 5.74) is 10.8. The van der Waals surface area contributed by atoms with E-state index in [4.69, 9.17) is 5.73 Å². The Labute approximate surface area is 161 Å². The molecule has 1 atom stereocenters. The molecule has 27 heavy (non-hydrogen) atoms. The molecule has 1 amide bonds. The van der Waals surface area contributed by atoms with Gasteiger partial charge in [-0.3, -0.25) is 4.79 Å². The first kappa shape index (κ1) is 17.3. The lowest BCUT2D eigenvalue weighted by molar-refractivity contribution is -0.114. The monoisotopic (exact) mass is 374 g/mol. The minimum absolute atomic E-state index is 0.116. The molecule has 3 aromatic rings. The van der Waals surface area contributed by atoms with Gasteiger partial charge in [-0.2, -0.15) is 5.26 Å². The van der Waals surface area contributed by atoms with Crippen LogP contribution in [0.3, 0.4) is 0 Å². The minimum atomic E-state index is -0.233. The first-order valence-electron chi connectivity index (χ1n) is 8.53. The van der Waals surface area contributed by atoms with Crippen LogP contribution >= 0.6 is 11.8 Å². The van der Waals surface area contributed by atoms with Gasteiger partial charge in [0.15, 0.2) is 0 Å². The number of allylic oxidation sites excluding steroid dienone is 1. The molecular formula is C21H18N4OS. The molecule has 1 aliphatic heterocycles. The van der Waals surface area contributed by atoms with Gasteiger partial charge in [0.2, 0.25) is 5.91 Å². The van der Waals surface area contributed by atoms with Crippen LogP contribution in [0.15, 0.2) is 64.2 Å². The van der Waals surface area contributed by atoms with Crippen LogP contribution in [-0.2, 0) is 11.8 Å². The number of fused-ring (bicyclic) bond motifs is 3. The summed E-state index contributed by atoms with van der Waals surface area (Å²) in [6.45, 7) is 1.48. The number of carbonyl (C=O) groups is 1. The smallest absolute Gasteiger partial charge is 0.221 e. The number of aromatic nitrogens is 1. The van der Waals surface area contributed by atoms with E-state index in [9.17, 15) is 10.1 Å². The fourth-order valence-electron chi connectivity index (χ4n) is 3.66. The molecule has 134 valence electrons. The fourth-order valence-corrected chi connectivity index (χ4v) is 4.72. The highest BCUT2D eigenvalue weighted by Crippen LogP contribution is 2.49. The highest BCUT2D eigenvalue weighted by molar-refractivity contribution is 8.03. The number of nitrogens with two attached hydrogens (primary N) is 1. The number of aryl methyl sites for hydroxylation is 1. The summed E-state index contributed by atoms with van der Waals surface area (Å²) in [4.78, 5) is 11.3. The summed E-state index contributed by atoms with van der Waals surface area (Å²) in [7, 11) is 2.02. The van der Waals surface area contributed by atoms with Gasteiger partial charge >= 0.3 is 0 Å². The Morgan fingerprint density at radius 3 is 2.59 bits per heavy atom. The lowest BCUT2D eigenvalue weighted by Crippen LogP contribution is -2.15. The van der Waals surface area contributed by atoms with Gasteiger partial charge in [0.05, 0.1) is 21.7 Å². The Kier molecular flexibility index (Phi) is 4.17. The van der Waals surface area contributed by atoms with Gasteiger partial charge in [0.25, 0.3) is 0 Å². The van der Waals surface area contributed by atoms with Gasteiger partial charge in [-0.25, -0.2) is 0 Å². The summed E-state index contributed by atoms with van der Waals surface area (Å²) < 4.78 is 2.13. The van der Waals surface area contributed by atoms with E-state index in [0.29, 0.717) is 10.6 Å². The zero-order valence-electron chi connectivity index (χ0n) is 15.0. The van der Waals surface area contributed by atoms with E-state index in [-0.39, 0.29) is 11.8 Å². The van der Waals surface area contributed by atoms with E-state index in [0.717, 1.165) is 32.7 Å². The van der Waals surface area contributed by atoms with E-state index in [1.807, 2.05) is 43.4 Å². The normalized spacial score (nSPS) is 16.1. The molecule has 4 rings (SSSR count). The lowest BCUT2D eigenvalue weighted by atomic mass is 9.85. The number of para-hydroxylation sites is 1. The predicted octanol–water partition coefficient (Wildman–Crippen LogP) is 4.07. The number of anilines is 1. The highest BCUT2D eigenvalue weighted by atomic mass is 32.2. The summed E-state index contributed by atoms with van der Waals surface area (Å²) >= 11 is 1.45. The van der Waals surface area contributed by atoms with Crippen LogP contribution in [0, 0.1) is 11.3 Å². The molecule has 1 aliphatic rings. The molecule has 2 heterocycles. The first-order chi connectivity index (χ1) is 13.0. The Balaban J connectivity index is 1.93. The first-order valence-corrected chi connectivity index (χ1v) is 9.35. The van der Waals surface area contributed by atoms with Crippen molar-refractivity contribution in [2.24, 2.45) is 12.8 Å². The third-order valence-electron chi connectivity index (χ3n) is 4.82. The van der Waals surface area contributed by atoms with Crippen LogP contribution in [0.4, 0.5) is 5.69 Å². The van der Waals surface area contributed by atoms with Gasteiger partial charge in [-0.15, -0.1) is 0 Å². The third kappa shape index (κ3) is 2.77. The maximum Gasteiger partial charge on any atom is 0.221 e. The molecule has 2 aromatic carbocycles. The SMILES string of the molecule is CC(=O)Nc1ccc(C2C(C#N)=C(N)Sc3c2c2ccccc2n3C)cc1. The largest absolute Gasteiger partial charge is 0.392 e. The fraction of sp³-hybridized carbons (Fsp3) is 0.143. The van der Waals surface area contributed by atoms with E-state index in [1.54, 1.807) is 0 Å². The predicted molar refractivity (Wildman–Crippen MR) is 108 cm³/mol. The Bertz CT molecular complexity index is 1140. The van der Waals surface area contributed by atoms with Crippen molar-refractivity contribution < 1.29 is 4.79 Å². The summed E-state index contributed by atoms with van der Waals surface area (Å²) in [5.74, 6) is -0.348. The second kappa shape index (κ2) is 6.53. The molecule has 0 bridgehead atoms. The maximum absolute atomic E-state index is 11.3. The van der Waals surface area contributed by atoms with E-state index < -0.39 is 0 Å². The van der Waals surface area contributed by atoms with E-state index >= 15 is 0 Å². The molecule has 1 unspecified atom stereocenters. The number of amides is 1. The van der Waals surface area contributed by atoms with Crippen molar-refractivity contribution in [2.75, 3.05) is 5.32 Å². The van der Waals surface area contributed by atoms with Gasteiger partial charge in [0, 0.05) is 42.0 Å². The molecule has 0 saturated heterocycles. The number of benzene rings is 2. The zero-order valence-corrected chi connectivity index (χ0v) is 15.8. The molecule has 0 fully saturated rings. The summed E-state index contributed by atoms with van der Waals surface area (Å²) in [6.07, 6.45) is 0. The van der Waals surface area contributed by atoms with Crippen molar-refractivity contribution in [1.82, 2.24) is 4.57 Å². The zero-order chi connectivity index (χ0) is 19.1. The molecular weight excluding hydrogens is 356 g/mol. The van der Waals surface area contributed by atoms with E-state index in [1.165, 1.54) is 18.7 Å². The molecule has 0 aliphatic carbocycles. The Hall–Kier alpha value is -3.17. The average Bonchev–Trinajstić information content (AvgIpc) is 2.93. The van der Waals surface area contributed by atoms with Crippen LogP contribution in [0.1, 0.15) is 24.0 Å². The number of carbonyl (C=O) groups excluding carboxylic acids is 1. The molecule has 0 spiro atoms. The quantitative estimate of drug-likeness (QED) is 0.708. The topological polar surface area (TPSA) is 83.8 Å². The highest BCUT2D eigenvalue weighted by Gasteiger charge is 2.33. The maximum atomic E-state index is 11.3. The molecule has 6 heteroatoms. The molecule has 3 N–H and O–H groups in total. The van der Waals surface area contributed by atoms with Crippen LogP contribution in [0.2, 0.25) is 0 Å². The minimum Gasteiger partial charge on any atom is -0.392 e. The van der Waals surface area contributed by atoms with Gasteiger partial charge in [0.1, 0.15) is 0 Å². The second-order valence-corrected chi connectivity index (χ2v) is 7.55. The van der Waals surface area contributed by atoms with Crippen molar-refractivity contribution in [3.63, 3.8) is 0 Å². The van der Waals surface area contributed by atoms with Crippen molar-refractivity contribution in [1.29, 1.82) is 5.26 Å². The molecule has 5 nitrogen and oxygen atoms in total. The van der Waals surface area contributed by atoms with Crippen LogP contribution in [0.5, 0.6) is 0 Å². The second-order valence-electron chi connectivity index (χ2n) is 6.52. The molecule has 1 aromatic heterocycles. The van der Waals surface area contributed by atoms with Crippen LogP contribution in [0.25, 0.3) is 10.9 Å². The number of nitrogens with zero attached hydrogens (tertiary/aromatic N) is 2. The number of thioether (sulfide) groups is 1. The number of rotatable bonds is 2. The van der Waals surface area contributed by atoms with Gasteiger partial charge < -0.3 is 15.6 Å². The number of nitriles is 1. The Morgan fingerprint density at radius 2 is 1.93 bits per heavy atom. The van der Waals surface area contributed by atoms with Crippen molar-refractivity contribution >= 4 is 34.3 Å². The lowest BCUT2D eigenvalue weighted by Gasteiger charge is -2.25. The van der Waals surface area contributed by atoms with Crippen molar-refractivity contribution in [3.8, 4) is 6.07 Å². The van der Waals surface area contributed by atoms with Gasteiger partial charge in [-0.05, 0) is 23.8 Å². The number of nitrogens with one attached hydrogen (secondary N) is 1. The standard InChI is InChI=1S/C21H18N4OS/c1-12(26)24-14-9-7-13(8-10-14)18-16(11-22)20(23)27-21-19(18)15-5-3-4-6-17(15)25(21)2/h3-10,18H,23H2,1-2H3,(H,24,26). The summed E-state index contributed by atoms with van der Waals surface area (Å²) in [5, 5.41) is 15.3. The van der Waals surface area contributed by atoms with Crippen LogP contribution in [-0.4, -0.2) is 10.5 Å². The number of hydrogen-bond donors (Lipinski definition) is 2. The van der Waals surface area contributed by atoms with Crippen molar-refractivity contribution in [2.45, 2.75) is 17.9 Å². The van der Waals surface area contributed by atoms with Crippen LogP contribution < -0.4 is 11.1 Å². The third-order valence-corrected chi connectivity index (χ3v) is 5.95. The summed E-state index contributed by atoms with van der Waals surface area (Å²) in [6, 6.07) is 18.1. The van der Waals surface area contributed by atoms with Crippen molar-refractivity contribution in [3.05, 3.63) is 70.3 Å². The molecule has 0 saturated carbocycles. The molecule has 0 radical (unpaired) electrons.